The Balaban J connectivity index is 1.64. The second-order valence-corrected chi connectivity index (χ2v) is 6.34. The van der Waals surface area contributed by atoms with E-state index >= 15 is 0 Å². The van der Waals surface area contributed by atoms with Crippen molar-refractivity contribution in [2.75, 3.05) is 11.5 Å². The van der Waals surface area contributed by atoms with E-state index in [0.29, 0.717) is 12.1 Å². The van der Waals surface area contributed by atoms with E-state index in [1.807, 2.05) is 19.1 Å². The molecule has 0 N–H and O–H groups in total. The Morgan fingerprint density at radius 1 is 1.07 bits per heavy atom. The summed E-state index contributed by atoms with van der Waals surface area (Å²) in [5, 5.41) is 0. The maximum Gasteiger partial charge on any atom is 0.347 e. The molecule has 27 heavy (non-hydrogen) atoms. The van der Waals surface area contributed by atoms with Crippen molar-refractivity contribution < 1.29 is 28.7 Å². The van der Waals surface area contributed by atoms with E-state index in [1.54, 1.807) is 12.1 Å². The molecule has 2 aromatic carbocycles. The minimum atomic E-state index is -0.938. The Hall–Kier alpha value is -3.48. The fourth-order valence-electron chi connectivity index (χ4n) is 3.18. The minimum absolute atomic E-state index is 0.0984. The van der Waals surface area contributed by atoms with Gasteiger partial charge in [-0.3, -0.25) is 9.59 Å². The quantitative estimate of drug-likeness (QED) is 0.612. The molecule has 7 heteroatoms. The second kappa shape index (κ2) is 6.35. The molecular formula is C20H15NO6. The normalized spacial score (nSPS) is 18.5. The molecule has 2 aliphatic heterocycles. The van der Waals surface area contributed by atoms with E-state index in [1.165, 1.54) is 18.2 Å². The Labute approximate surface area is 154 Å². The minimum Gasteiger partial charge on any atom is -0.463 e. The molecule has 2 amide bonds. The van der Waals surface area contributed by atoms with Crippen molar-refractivity contribution in [3.05, 3.63) is 64.7 Å². The second-order valence-electron chi connectivity index (χ2n) is 6.34. The van der Waals surface area contributed by atoms with Crippen molar-refractivity contribution in [1.29, 1.82) is 0 Å². The highest BCUT2D eigenvalue weighted by molar-refractivity contribution is 6.34. The molecule has 1 atom stereocenters. The molecular weight excluding hydrogens is 350 g/mol. The Kier molecular flexibility index (Phi) is 3.99. The lowest BCUT2D eigenvalue weighted by atomic mass is 10.1. The van der Waals surface area contributed by atoms with Gasteiger partial charge in [0, 0.05) is 6.42 Å². The van der Waals surface area contributed by atoms with Crippen LogP contribution in [0.15, 0.2) is 42.5 Å². The zero-order valence-electron chi connectivity index (χ0n) is 14.4. The van der Waals surface area contributed by atoms with Gasteiger partial charge in [-0.15, -0.1) is 0 Å². The zero-order chi connectivity index (χ0) is 19.1. The molecule has 136 valence electrons. The highest BCUT2D eigenvalue weighted by Crippen LogP contribution is 2.31. The Bertz CT molecular complexity index is 996. The molecule has 0 radical (unpaired) electrons. The van der Waals surface area contributed by atoms with Crippen molar-refractivity contribution in [3.63, 3.8) is 0 Å². The van der Waals surface area contributed by atoms with E-state index in [9.17, 15) is 19.2 Å². The number of esters is 2. The number of hydrogen-bond acceptors (Lipinski definition) is 6. The van der Waals surface area contributed by atoms with Gasteiger partial charge >= 0.3 is 11.9 Å². The van der Waals surface area contributed by atoms with Crippen molar-refractivity contribution in [2.45, 2.75) is 19.4 Å². The van der Waals surface area contributed by atoms with Gasteiger partial charge in [0.1, 0.15) is 0 Å². The first kappa shape index (κ1) is 17.0. The molecule has 0 unspecified atom stereocenters. The van der Waals surface area contributed by atoms with Gasteiger partial charge in [-0.2, -0.15) is 0 Å². The average Bonchev–Trinajstić information content (AvgIpc) is 3.17. The van der Waals surface area contributed by atoms with Crippen LogP contribution in [0.25, 0.3) is 0 Å². The molecule has 2 aromatic rings. The molecule has 0 aliphatic carbocycles. The first-order valence-corrected chi connectivity index (χ1v) is 8.43. The van der Waals surface area contributed by atoms with Crippen molar-refractivity contribution in [2.24, 2.45) is 0 Å². The maximum absolute atomic E-state index is 12.8. The molecule has 4 rings (SSSR count). The fourth-order valence-corrected chi connectivity index (χ4v) is 3.18. The summed E-state index contributed by atoms with van der Waals surface area (Å²) >= 11 is 0. The maximum atomic E-state index is 12.8. The van der Waals surface area contributed by atoms with Crippen LogP contribution < -0.4 is 4.90 Å². The molecule has 0 saturated carbocycles. The SMILES string of the molecule is Cc1ccccc1N1C(=O)c2ccc(C(=O)O[C@H]3CCOC3=O)cc2C1=O. The molecule has 0 spiro atoms. The number of nitrogens with zero attached hydrogens (tertiary/aromatic N) is 1. The van der Waals surface area contributed by atoms with Gasteiger partial charge < -0.3 is 9.47 Å². The lowest BCUT2D eigenvalue weighted by Gasteiger charge is -2.16. The first-order valence-electron chi connectivity index (χ1n) is 8.43. The number of carbonyl (C=O) groups excluding carboxylic acids is 4. The van der Waals surface area contributed by atoms with Gasteiger partial charge in [0.15, 0.2) is 0 Å². The number of para-hydroxylation sites is 1. The van der Waals surface area contributed by atoms with Gasteiger partial charge in [-0.05, 0) is 36.8 Å². The summed E-state index contributed by atoms with van der Waals surface area (Å²) in [6.45, 7) is 2.02. The van der Waals surface area contributed by atoms with Crippen LogP contribution in [0.1, 0.15) is 43.1 Å². The number of amides is 2. The van der Waals surface area contributed by atoms with Crippen molar-refractivity contribution >= 4 is 29.4 Å². The summed E-state index contributed by atoms with van der Waals surface area (Å²) in [5.74, 6) is -2.26. The monoisotopic (exact) mass is 365 g/mol. The smallest absolute Gasteiger partial charge is 0.347 e. The number of rotatable bonds is 3. The van der Waals surface area contributed by atoms with Crippen LogP contribution in [0.5, 0.6) is 0 Å². The summed E-state index contributed by atoms with van der Waals surface area (Å²) < 4.78 is 9.90. The standard InChI is InChI=1S/C20H15NO6/c1-11-4-2-3-5-15(11)21-17(22)13-7-6-12(10-14(13)18(21)23)19(24)27-16-8-9-26-20(16)25/h2-7,10,16H,8-9H2,1H3/t16-/m0/s1. The van der Waals surface area contributed by atoms with Crippen molar-refractivity contribution in [1.82, 2.24) is 0 Å². The number of benzene rings is 2. The molecule has 2 aliphatic rings. The molecule has 0 bridgehead atoms. The molecule has 7 nitrogen and oxygen atoms in total. The van der Waals surface area contributed by atoms with E-state index < -0.39 is 29.9 Å². The number of aryl methyl sites for hydroxylation is 1. The number of imide groups is 1. The zero-order valence-corrected chi connectivity index (χ0v) is 14.4. The van der Waals surface area contributed by atoms with E-state index in [-0.39, 0.29) is 23.3 Å². The van der Waals surface area contributed by atoms with Crippen LogP contribution in [0, 0.1) is 6.92 Å². The summed E-state index contributed by atoms with van der Waals surface area (Å²) in [7, 11) is 0. The van der Waals surface area contributed by atoms with Crippen molar-refractivity contribution in [3.8, 4) is 0 Å². The number of cyclic esters (lactones) is 1. The van der Waals surface area contributed by atoms with Gasteiger partial charge in [-0.25, -0.2) is 14.5 Å². The van der Waals surface area contributed by atoms with Crippen LogP contribution in [0.2, 0.25) is 0 Å². The summed E-state index contributed by atoms with van der Waals surface area (Å²) in [4.78, 5) is 50.4. The van der Waals surface area contributed by atoms with Crippen LogP contribution in [-0.2, 0) is 14.3 Å². The third-order valence-electron chi connectivity index (χ3n) is 4.62. The summed E-state index contributed by atoms with van der Waals surface area (Å²) in [6.07, 6.45) is -0.639. The number of fused-ring (bicyclic) bond motifs is 1. The molecule has 2 heterocycles. The fraction of sp³-hybridized carbons (Fsp3) is 0.200. The Morgan fingerprint density at radius 2 is 1.81 bits per heavy atom. The summed E-state index contributed by atoms with van der Waals surface area (Å²) in [5.41, 5.74) is 1.74. The van der Waals surface area contributed by atoms with Gasteiger partial charge in [0.25, 0.3) is 11.8 Å². The number of anilines is 1. The largest absolute Gasteiger partial charge is 0.463 e. The average molecular weight is 365 g/mol. The number of hydrogen-bond donors (Lipinski definition) is 0. The summed E-state index contributed by atoms with van der Waals surface area (Å²) in [6, 6.07) is 11.2. The van der Waals surface area contributed by atoms with Gasteiger partial charge in [0.05, 0.1) is 29.0 Å². The molecule has 0 aromatic heterocycles. The lowest BCUT2D eigenvalue weighted by molar-refractivity contribution is -0.145. The molecule has 1 fully saturated rings. The van der Waals surface area contributed by atoms with Crippen LogP contribution in [-0.4, -0.2) is 36.5 Å². The molecule has 1 saturated heterocycles. The highest BCUT2D eigenvalue weighted by Gasteiger charge is 2.38. The van der Waals surface area contributed by atoms with Gasteiger partial charge in [-0.1, -0.05) is 18.2 Å². The van der Waals surface area contributed by atoms with E-state index in [2.05, 4.69) is 0 Å². The predicted octanol–water partition coefficient (Wildman–Crippen LogP) is 2.27. The van der Waals surface area contributed by atoms with Crippen LogP contribution in [0.3, 0.4) is 0 Å². The van der Waals surface area contributed by atoms with Crippen LogP contribution in [0.4, 0.5) is 5.69 Å². The number of carbonyl (C=O) groups is 4. The third kappa shape index (κ3) is 2.77. The Morgan fingerprint density at radius 3 is 2.52 bits per heavy atom. The topological polar surface area (TPSA) is 90.0 Å². The first-order chi connectivity index (χ1) is 13.0. The number of ether oxygens (including phenoxy) is 2. The van der Waals surface area contributed by atoms with E-state index in [0.717, 1.165) is 10.5 Å². The predicted molar refractivity (Wildman–Crippen MR) is 93.5 cm³/mol. The van der Waals surface area contributed by atoms with E-state index in [4.69, 9.17) is 9.47 Å². The van der Waals surface area contributed by atoms with Gasteiger partial charge in [0.2, 0.25) is 6.10 Å². The lowest BCUT2D eigenvalue weighted by Crippen LogP contribution is -2.29. The van der Waals surface area contributed by atoms with Crippen LogP contribution >= 0.6 is 0 Å². The highest BCUT2D eigenvalue weighted by atomic mass is 16.6. The third-order valence-corrected chi connectivity index (χ3v) is 4.62.